The van der Waals surface area contributed by atoms with E-state index < -0.39 is 0 Å². The second kappa shape index (κ2) is 5.70. The summed E-state index contributed by atoms with van der Waals surface area (Å²) < 4.78 is 0. The minimum Gasteiger partial charge on any atom is -0.412 e. The fourth-order valence-corrected chi connectivity index (χ4v) is 0.385. The van der Waals surface area contributed by atoms with E-state index in [0.29, 0.717) is 0 Å². The van der Waals surface area contributed by atoms with Gasteiger partial charge in [0.2, 0.25) is 0 Å². The van der Waals surface area contributed by atoms with Crippen LogP contribution in [0.3, 0.4) is 0 Å². The van der Waals surface area contributed by atoms with Crippen molar-refractivity contribution in [1.29, 1.82) is 0 Å². The van der Waals surface area contributed by atoms with E-state index >= 15 is 0 Å². The summed E-state index contributed by atoms with van der Waals surface area (Å²) in [5.74, 6) is 0.718. The van der Waals surface area contributed by atoms with Gasteiger partial charge in [-0.25, -0.2) is 0 Å². The zero-order valence-corrected chi connectivity index (χ0v) is 5.23. The van der Waals surface area contributed by atoms with Gasteiger partial charge in [-0.15, -0.1) is 0 Å². The van der Waals surface area contributed by atoms with Gasteiger partial charge in [0.15, 0.2) is 0 Å². The molecule has 0 aliphatic carbocycles. The molecule has 0 radical (unpaired) electrons. The van der Waals surface area contributed by atoms with Crippen molar-refractivity contribution in [3.8, 4) is 0 Å². The Labute approximate surface area is 45.4 Å². The highest BCUT2D eigenvalue weighted by molar-refractivity contribution is 4.79. The summed E-state index contributed by atoms with van der Waals surface area (Å²) in [6.07, 6.45) is 4.24. The van der Waals surface area contributed by atoms with E-state index in [0.717, 1.165) is 5.92 Å². The molecule has 7 heavy (non-hydrogen) atoms. The van der Waals surface area contributed by atoms with Crippen LogP contribution in [0.15, 0.2) is 12.2 Å². The summed E-state index contributed by atoms with van der Waals surface area (Å²) in [4.78, 5) is 0. The van der Waals surface area contributed by atoms with Gasteiger partial charge < -0.3 is 5.48 Å². The summed E-state index contributed by atoms with van der Waals surface area (Å²) in [7, 11) is 0. The third-order valence-electron chi connectivity index (χ3n) is 0.577. The largest absolute Gasteiger partial charge is 0.412 e. The number of hydrogen-bond acceptors (Lipinski definition) is 0. The first-order valence-electron chi connectivity index (χ1n) is 2.40. The topological polar surface area (TPSA) is 31.5 Å². The van der Waals surface area contributed by atoms with Crippen molar-refractivity contribution in [2.45, 2.75) is 20.8 Å². The summed E-state index contributed by atoms with van der Waals surface area (Å²) in [6, 6.07) is 0. The number of allylic oxidation sites excluding steroid dienone is 2. The van der Waals surface area contributed by atoms with Crippen LogP contribution in [-0.4, -0.2) is 5.48 Å². The first kappa shape index (κ1) is 9.85. The van der Waals surface area contributed by atoms with Crippen molar-refractivity contribution >= 4 is 0 Å². The summed E-state index contributed by atoms with van der Waals surface area (Å²) >= 11 is 0. The number of hydrogen-bond donors (Lipinski definition) is 0. The molecule has 0 fully saturated rings. The third-order valence-corrected chi connectivity index (χ3v) is 0.577. The molecule has 0 aromatic rings. The van der Waals surface area contributed by atoms with Crippen LogP contribution in [0, 0.1) is 5.92 Å². The molecule has 0 saturated carbocycles. The lowest BCUT2D eigenvalue weighted by Gasteiger charge is -1.86. The highest BCUT2D eigenvalue weighted by Crippen LogP contribution is 1.90. The SMILES string of the molecule is CC=CC(C)C.O. The smallest absolute Gasteiger partial charge is 0.0291 e. The highest BCUT2D eigenvalue weighted by Gasteiger charge is 1.76. The summed E-state index contributed by atoms with van der Waals surface area (Å²) in [5, 5.41) is 0. The molecule has 44 valence electrons. The van der Waals surface area contributed by atoms with Gasteiger partial charge in [-0.05, 0) is 12.8 Å². The average Bonchev–Trinajstić information content (AvgIpc) is 1.35. The maximum absolute atomic E-state index is 2.17. The van der Waals surface area contributed by atoms with E-state index in [1.54, 1.807) is 0 Å². The van der Waals surface area contributed by atoms with Crippen molar-refractivity contribution in [2.24, 2.45) is 5.92 Å². The second-order valence-electron chi connectivity index (χ2n) is 1.77. The minimum atomic E-state index is 0. The molecule has 0 saturated heterocycles. The average molecular weight is 102 g/mol. The molecule has 1 nitrogen and oxygen atoms in total. The maximum atomic E-state index is 2.17. The van der Waals surface area contributed by atoms with Crippen LogP contribution in [0.1, 0.15) is 20.8 Å². The molecule has 0 heterocycles. The van der Waals surface area contributed by atoms with Gasteiger partial charge in [-0.2, -0.15) is 0 Å². The van der Waals surface area contributed by atoms with Crippen LogP contribution >= 0.6 is 0 Å². The van der Waals surface area contributed by atoms with Crippen LogP contribution in [0.4, 0.5) is 0 Å². The Kier molecular flexibility index (Phi) is 8.02. The Balaban J connectivity index is 0. The lowest BCUT2D eigenvalue weighted by atomic mass is 10.2. The monoisotopic (exact) mass is 102 g/mol. The molecule has 0 spiro atoms. The summed E-state index contributed by atoms with van der Waals surface area (Å²) in [5.41, 5.74) is 0. The van der Waals surface area contributed by atoms with Crippen molar-refractivity contribution in [3.63, 3.8) is 0 Å². The Morgan fingerprint density at radius 2 is 1.71 bits per heavy atom. The lowest BCUT2D eigenvalue weighted by Crippen LogP contribution is -1.73. The Bertz CT molecular complexity index is 46.1. The van der Waals surface area contributed by atoms with E-state index in [-0.39, 0.29) is 5.48 Å². The Morgan fingerprint density at radius 1 is 1.29 bits per heavy atom. The first-order valence-corrected chi connectivity index (χ1v) is 2.40. The minimum absolute atomic E-state index is 0. The van der Waals surface area contributed by atoms with Crippen molar-refractivity contribution in [1.82, 2.24) is 0 Å². The predicted molar refractivity (Wildman–Crippen MR) is 33.3 cm³/mol. The van der Waals surface area contributed by atoms with E-state index in [9.17, 15) is 0 Å². The number of rotatable bonds is 1. The van der Waals surface area contributed by atoms with Gasteiger partial charge >= 0.3 is 0 Å². The molecule has 0 unspecified atom stereocenters. The van der Waals surface area contributed by atoms with Crippen LogP contribution in [0.25, 0.3) is 0 Å². The highest BCUT2D eigenvalue weighted by atomic mass is 16.0. The van der Waals surface area contributed by atoms with Gasteiger partial charge in [0.25, 0.3) is 0 Å². The van der Waals surface area contributed by atoms with Gasteiger partial charge in [-0.3, -0.25) is 0 Å². The van der Waals surface area contributed by atoms with Gasteiger partial charge in [0.1, 0.15) is 0 Å². The molecule has 0 aromatic heterocycles. The zero-order valence-electron chi connectivity index (χ0n) is 5.23. The van der Waals surface area contributed by atoms with E-state index in [1.807, 2.05) is 6.92 Å². The third kappa shape index (κ3) is 10.7. The molecule has 0 rings (SSSR count). The lowest BCUT2D eigenvalue weighted by molar-refractivity contribution is 0.824. The van der Waals surface area contributed by atoms with E-state index in [4.69, 9.17) is 0 Å². The molecule has 0 amide bonds. The van der Waals surface area contributed by atoms with E-state index in [1.165, 1.54) is 0 Å². The molecule has 2 N–H and O–H groups in total. The van der Waals surface area contributed by atoms with Gasteiger partial charge in [-0.1, -0.05) is 26.0 Å². The summed E-state index contributed by atoms with van der Waals surface area (Å²) in [6.45, 7) is 6.38. The quantitative estimate of drug-likeness (QED) is 0.448. The Morgan fingerprint density at radius 3 is 1.71 bits per heavy atom. The van der Waals surface area contributed by atoms with E-state index in [2.05, 4.69) is 26.0 Å². The Hall–Kier alpha value is -0.300. The molecule has 0 atom stereocenters. The normalized spacial score (nSPS) is 9.71. The fourth-order valence-electron chi connectivity index (χ4n) is 0.385. The molecule has 0 aromatic carbocycles. The predicted octanol–water partition coefficient (Wildman–Crippen LogP) is 1.39. The molecular weight excluding hydrogens is 88.1 g/mol. The van der Waals surface area contributed by atoms with Crippen molar-refractivity contribution in [3.05, 3.63) is 12.2 Å². The first-order chi connectivity index (χ1) is 2.77. The van der Waals surface area contributed by atoms with Gasteiger partial charge in [0.05, 0.1) is 0 Å². The molecule has 0 aliphatic heterocycles. The van der Waals surface area contributed by atoms with Crippen molar-refractivity contribution in [2.75, 3.05) is 0 Å². The van der Waals surface area contributed by atoms with Crippen LogP contribution in [0.5, 0.6) is 0 Å². The fraction of sp³-hybridized carbons (Fsp3) is 0.667. The molecule has 0 aliphatic rings. The molecule has 0 bridgehead atoms. The van der Waals surface area contributed by atoms with Crippen molar-refractivity contribution < 1.29 is 5.48 Å². The maximum Gasteiger partial charge on any atom is -0.0291 e. The van der Waals surface area contributed by atoms with Crippen LogP contribution in [0.2, 0.25) is 0 Å². The standard InChI is InChI=1S/C6H12.H2O/c1-4-5-6(2)3;/h4-6H,1-3H3;1H2. The van der Waals surface area contributed by atoms with Crippen LogP contribution in [-0.2, 0) is 0 Å². The van der Waals surface area contributed by atoms with Crippen LogP contribution < -0.4 is 0 Å². The molecule has 1 heteroatoms. The molecular formula is C6H14O. The van der Waals surface area contributed by atoms with Gasteiger partial charge in [0, 0.05) is 0 Å². The second-order valence-corrected chi connectivity index (χ2v) is 1.77. The zero-order chi connectivity index (χ0) is 4.99.